The highest BCUT2D eigenvalue weighted by Gasteiger charge is 2.30. The van der Waals surface area contributed by atoms with E-state index in [4.69, 9.17) is 4.74 Å². The normalized spacial score (nSPS) is 11.2. The minimum absolute atomic E-state index is 0.132. The third-order valence-electron chi connectivity index (χ3n) is 3.44. The number of alkyl halides is 3. The number of hydrogen-bond acceptors (Lipinski definition) is 4. The van der Waals surface area contributed by atoms with Crippen molar-refractivity contribution in [1.29, 1.82) is 0 Å². The van der Waals surface area contributed by atoms with E-state index in [1.165, 1.54) is 25.0 Å². The number of benzene rings is 1. The molecule has 0 unspecified atom stereocenters. The molecule has 26 heavy (non-hydrogen) atoms. The minimum atomic E-state index is -4.45. The number of ether oxygens (including phenoxy) is 1. The number of carbonyl (C=O) groups is 2. The molecule has 140 valence electrons. The van der Waals surface area contributed by atoms with Gasteiger partial charge in [0.2, 0.25) is 11.8 Å². The standard InChI is InChI=1S/C16H17F3N4O3/c1-22(15(25)12-8-23(2)21-14(12)26-3)9-13(24)20-11-6-4-10(5-7-11)16(17,18)19/h4-8H,9H2,1-3H3,(H,20,24). The van der Waals surface area contributed by atoms with Crippen molar-refractivity contribution in [3.8, 4) is 5.88 Å². The van der Waals surface area contributed by atoms with E-state index < -0.39 is 23.6 Å². The van der Waals surface area contributed by atoms with Gasteiger partial charge in [-0.15, -0.1) is 5.10 Å². The molecule has 0 fully saturated rings. The van der Waals surface area contributed by atoms with E-state index in [9.17, 15) is 22.8 Å². The Morgan fingerprint density at radius 1 is 1.27 bits per heavy atom. The Bertz CT molecular complexity index is 800. The number of aryl methyl sites for hydroxylation is 1. The van der Waals surface area contributed by atoms with E-state index in [-0.39, 0.29) is 23.7 Å². The summed E-state index contributed by atoms with van der Waals surface area (Å²) in [6.45, 7) is -0.294. The fraction of sp³-hybridized carbons (Fsp3) is 0.312. The lowest BCUT2D eigenvalue weighted by Crippen LogP contribution is -2.35. The Morgan fingerprint density at radius 3 is 2.42 bits per heavy atom. The number of methoxy groups -OCH3 is 1. The summed E-state index contributed by atoms with van der Waals surface area (Å²) in [6, 6.07) is 4.02. The molecule has 1 N–H and O–H groups in total. The highest BCUT2D eigenvalue weighted by molar-refractivity contribution is 6.00. The summed E-state index contributed by atoms with van der Waals surface area (Å²) >= 11 is 0. The number of aromatic nitrogens is 2. The van der Waals surface area contributed by atoms with E-state index in [2.05, 4.69) is 10.4 Å². The molecule has 0 radical (unpaired) electrons. The van der Waals surface area contributed by atoms with Crippen LogP contribution in [0.5, 0.6) is 5.88 Å². The predicted octanol–water partition coefficient (Wildman–Crippen LogP) is 2.16. The zero-order valence-corrected chi connectivity index (χ0v) is 14.3. The van der Waals surface area contributed by atoms with Crippen LogP contribution in [0.1, 0.15) is 15.9 Å². The first-order chi connectivity index (χ1) is 12.1. The quantitative estimate of drug-likeness (QED) is 0.875. The molecule has 1 aromatic carbocycles. The minimum Gasteiger partial charge on any atom is -0.479 e. The van der Waals surface area contributed by atoms with E-state index in [1.54, 1.807) is 7.05 Å². The highest BCUT2D eigenvalue weighted by Crippen LogP contribution is 2.29. The molecule has 0 atom stereocenters. The van der Waals surface area contributed by atoms with Crippen LogP contribution in [0.3, 0.4) is 0 Å². The van der Waals surface area contributed by atoms with Crippen LogP contribution in [-0.4, -0.2) is 47.2 Å². The molecular weight excluding hydrogens is 353 g/mol. The summed E-state index contributed by atoms with van der Waals surface area (Å²) in [7, 11) is 4.41. The first kappa shape index (κ1) is 19.3. The monoisotopic (exact) mass is 370 g/mol. The van der Waals surface area contributed by atoms with Gasteiger partial charge in [-0.3, -0.25) is 14.3 Å². The van der Waals surface area contributed by atoms with Crippen LogP contribution >= 0.6 is 0 Å². The van der Waals surface area contributed by atoms with Gasteiger partial charge in [0.05, 0.1) is 19.2 Å². The van der Waals surface area contributed by atoms with Crippen molar-refractivity contribution in [2.45, 2.75) is 6.18 Å². The molecule has 2 aromatic rings. The maximum absolute atomic E-state index is 12.5. The SMILES string of the molecule is COc1nn(C)cc1C(=O)N(C)CC(=O)Nc1ccc(C(F)(F)F)cc1. The van der Waals surface area contributed by atoms with Gasteiger partial charge in [-0.2, -0.15) is 13.2 Å². The molecule has 1 heterocycles. The summed E-state index contributed by atoms with van der Waals surface area (Å²) in [5.41, 5.74) is -0.422. The van der Waals surface area contributed by atoms with Gasteiger partial charge in [-0.1, -0.05) is 0 Å². The summed E-state index contributed by atoms with van der Waals surface area (Å²) in [6.07, 6.45) is -2.98. The second-order valence-corrected chi connectivity index (χ2v) is 5.51. The van der Waals surface area contributed by atoms with Crippen molar-refractivity contribution in [3.05, 3.63) is 41.6 Å². The summed E-state index contributed by atoms with van der Waals surface area (Å²) < 4.78 is 44.0. The average Bonchev–Trinajstić information content (AvgIpc) is 2.94. The molecule has 0 saturated carbocycles. The Morgan fingerprint density at radius 2 is 1.88 bits per heavy atom. The molecule has 1 aromatic heterocycles. The molecule has 2 rings (SSSR count). The van der Waals surface area contributed by atoms with Crippen molar-refractivity contribution < 1.29 is 27.5 Å². The number of likely N-dealkylation sites (N-methyl/N-ethyl adjacent to an activating group) is 1. The van der Waals surface area contributed by atoms with E-state index in [1.807, 2.05) is 0 Å². The number of anilines is 1. The third kappa shape index (κ3) is 4.52. The van der Waals surface area contributed by atoms with Crippen molar-refractivity contribution in [2.75, 3.05) is 26.0 Å². The molecule has 0 aliphatic carbocycles. The average molecular weight is 370 g/mol. The van der Waals surface area contributed by atoms with Gasteiger partial charge in [0, 0.05) is 26.0 Å². The maximum Gasteiger partial charge on any atom is 0.416 e. The largest absolute Gasteiger partial charge is 0.479 e. The molecule has 0 aliphatic rings. The topological polar surface area (TPSA) is 76.5 Å². The van der Waals surface area contributed by atoms with Gasteiger partial charge in [-0.25, -0.2) is 0 Å². The molecule has 0 saturated heterocycles. The number of hydrogen-bond donors (Lipinski definition) is 1. The fourth-order valence-corrected chi connectivity index (χ4v) is 2.20. The molecule has 0 spiro atoms. The second-order valence-electron chi connectivity index (χ2n) is 5.51. The van der Waals surface area contributed by atoms with Gasteiger partial charge in [0.15, 0.2) is 0 Å². The molecule has 2 amide bonds. The molecule has 7 nitrogen and oxygen atoms in total. The van der Waals surface area contributed by atoms with Crippen molar-refractivity contribution in [3.63, 3.8) is 0 Å². The van der Waals surface area contributed by atoms with Gasteiger partial charge in [0.1, 0.15) is 5.56 Å². The Labute approximate surface area is 147 Å². The number of nitrogens with zero attached hydrogens (tertiary/aromatic N) is 3. The smallest absolute Gasteiger partial charge is 0.416 e. The first-order valence-electron chi connectivity index (χ1n) is 7.42. The van der Waals surface area contributed by atoms with Gasteiger partial charge in [-0.05, 0) is 24.3 Å². The highest BCUT2D eigenvalue weighted by atomic mass is 19.4. The number of rotatable bonds is 5. The lowest BCUT2D eigenvalue weighted by Gasteiger charge is -2.16. The van der Waals surface area contributed by atoms with Crippen LogP contribution in [0.15, 0.2) is 30.5 Å². The Kier molecular flexibility index (Phi) is 5.53. The first-order valence-corrected chi connectivity index (χ1v) is 7.42. The molecule has 0 aliphatic heterocycles. The predicted molar refractivity (Wildman–Crippen MR) is 86.8 cm³/mol. The van der Waals surface area contributed by atoms with Crippen LogP contribution in [0.25, 0.3) is 0 Å². The van der Waals surface area contributed by atoms with Crippen molar-refractivity contribution in [2.24, 2.45) is 7.05 Å². The van der Waals surface area contributed by atoms with Gasteiger partial charge < -0.3 is 15.0 Å². The van der Waals surface area contributed by atoms with Gasteiger partial charge >= 0.3 is 6.18 Å². The van der Waals surface area contributed by atoms with Gasteiger partial charge in [0.25, 0.3) is 5.91 Å². The summed E-state index contributed by atoms with van der Waals surface area (Å²) in [4.78, 5) is 25.5. The number of halogens is 3. The molecule has 10 heteroatoms. The van der Waals surface area contributed by atoms with Crippen molar-refractivity contribution in [1.82, 2.24) is 14.7 Å². The van der Waals surface area contributed by atoms with E-state index in [0.717, 1.165) is 29.2 Å². The van der Waals surface area contributed by atoms with Crippen molar-refractivity contribution >= 4 is 17.5 Å². The van der Waals surface area contributed by atoms with Crippen LogP contribution in [0, 0.1) is 0 Å². The number of nitrogens with one attached hydrogen (secondary N) is 1. The Balaban J connectivity index is 1.99. The fourth-order valence-electron chi connectivity index (χ4n) is 2.20. The van der Waals surface area contributed by atoms with E-state index in [0.29, 0.717) is 0 Å². The van der Waals surface area contributed by atoms with Crippen LogP contribution < -0.4 is 10.1 Å². The second kappa shape index (κ2) is 7.46. The lowest BCUT2D eigenvalue weighted by molar-refractivity contribution is -0.137. The summed E-state index contributed by atoms with van der Waals surface area (Å²) in [5.74, 6) is -0.895. The van der Waals surface area contributed by atoms with E-state index >= 15 is 0 Å². The number of amides is 2. The van der Waals surface area contributed by atoms with Crippen LogP contribution in [0.4, 0.5) is 18.9 Å². The maximum atomic E-state index is 12.5. The zero-order chi connectivity index (χ0) is 19.5. The lowest BCUT2D eigenvalue weighted by atomic mass is 10.2. The zero-order valence-electron chi connectivity index (χ0n) is 14.3. The third-order valence-corrected chi connectivity index (χ3v) is 3.44. The summed E-state index contributed by atoms with van der Waals surface area (Å²) in [5, 5.41) is 6.40. The van der Waals surface area contributed by atoms with Crippen LogP contribution in [-0.2, 0) is 18.0 Å². The number of carbonyl (C=O) groups excluding carboxylic acids is 2. The Hall–Kier alpha value is -3.04. The van der Waals surface area contributed by atoms with Crippen LogP contribution in [0.2, 0.25) is 0 Å². The molecular formula is C16H17F3N4O3. The molecule has 0 bridgehead atoms.